The third-order valence-electron chi connectivity index (χ3n) is 2.28. The minimum atomic E-state index is -4.13. The molecule has 0 fully saturated rings. The first-order valence-electron chi connectivity index (χ1n) is 5.38. The molecule has 1 unspecified atom stereocenters. The van der Waals surface area contributed by atoms with Crippen LogP contribution in [0.4, 0.5) is 5.69 Å². The van der Waals surface area contributed by atoms with Gasteiger partial charge in [-0.2, -0.15) is 0 Å². The first-order valence-corrected chi connectivity index (χ1v) is 7.24. The van der Waals surface area contributed by atoms with Crippen molar-refractivity contribution >= 4 is 27.3 Å². The molecule has 8 nitrogen and oxygen atoms in total. The zero-order valence-electron chi connectivity index (χ0n) is 10.4. The second-order valence-electron chi connectivity index (χ2n) is 3.83. The number of benzene rings is 1. The second kappa shape index (κ2) is 6.95. The van der Waals surface area contributed by atoms with Gasteiger partial charge in [-0.15, -0.1) is 0 Å². The first-order chi connectivity index (χ1) is 9.27. The van der Waals surface area contributed by atoms with Crippen molar-refractivity contribution in [1.29, 1.82) is 0 Å². The Morgan fingerprint density at radius 3 is 2.75 bits per heavy atom. The number of hydrogen-bond acceptors (Lipinski definition) is 6. The summed E-state index contributed by atoms with van der Waals surface area (Å²) >= 11 is 5.60. The molecule has 112 valence electrons. The molecule has 0 heterocycles. The standard InChI is InChI=1S/C10H13ClN2O6S/c1-19-6-8(14)5-12-20(17,18)10-3-2-7(11)4-9(10)13(15)16/h2-4,8,12,14H,5-6H2,1H3. The number of halogens is 1. The molecule has 0 saturated heterocycles. The third kappa shape index (κ3) is 4.39. The van der Waals surface area contributed by atoms with Crippen LogP contribution in [0.3, 0.4) is 0 Å². The summed E-state index contributed by atoms with van der Waals surface area (Å²) in [5.74, 6) is 0. The van der Waals surface area contributed by atoms with Crippen LogP contribution in [0.25, 0.3) is 0 Å². The Morgan fingerprint density at radius 2 is 2.20 bits per heavy atom. The lowest BCUT2D eigenvalue weighted by Gasteiger charge is -2.11. The van der Waals surface area contributed by atoms with Gasteiger partial charge in [0.05, 0.1) is 17.6 Å². The molecule has 0 saturated carbocycles. The molecule has 20 heavy (non-hydrogen) atoms. The number of nitrogens with zero attached hydrogens (tertiary/aromatic N) is 1. The lowest BCUT2D eigenvalue weighted by Crippen LogP contribution is -2.34. The van der Waals surface area contributed by atoms with Gasteiger partial charge in [-0.05, 0) is 12.1 Å². The van der Waals surface area contributed by atoms with Crippen LogP contribution in [-0.2, 0) is 14.8 Å². The van der Waals surface area contributed by atoms with Crippen LogP contribution in [0.5, 0.6) is 0 Å². The van der Waals surface area contributed by atoms with Gasteiger partial charge >= 0.3 is 0 Å². The first kappa shape index (κ1) is 16.8. The van der Waals surface area contributed by atoms with Gasteiger partial charge in [-0.1, -0.05) is 11.6 Å². The third-order valence-corrected chi connectivity index (χ3v) is 3.98. The highest BCUT2D eigenvalue weighted by atomic mass is 35.5. The van der Waals surface area contributed by atoms with E-state index < -0.39 is 31.6 Å². The number of sulfonamides is 1. The summed E-state index contributed by atoms with van der Waals surface area (Å²) in [7, 11) is -2.78. The van der Waals surface area contributed by atoms with E-state index >= 15 is 0 Å². The fourth-order valence-corrected chi connectivity index (χ4v) is 2.79. The summed E-state index contributed by atoms with van der Waals surface area (Å²) in [6, 6.07) is 3.21. The summed E-state index contributed by atoms with van der Waals surface area (Å²) in [6.45, 7) is -0.388. The minimum absolute atomic E-state index is 0.0510. The molecule has 10 heteroatoms. The van der Waals surface area contributed by atoms with Crippen LogP contribution < -0.4 is 4.72 Å². The molecule has 0 bridgehead atoms. The largest absolute Gasteiger partial charge is 0.389 e. The molecule has 1 atom stereocenters. The zero-order valence-corrected chi connectivity index (χ0v) is 12.0. The van der Waals surface area contributed by atoms with Gasteiger partial charge in [0.1, 0.15) is 0 Å². The fraction of sp³-hybridized carbons (Fsp3) is 0.400. The minimum Gasteiger partial charge on any atom is -0.389 e. The quantitative estimate of drug-likeness (QED) is 0.558. The van der Waals surface area contributed by atoms with Crippen molar-refractivity contribution in [2.45, 2.75) is 11.0 Å². The Kier molecular flexibility index (Phi) is 5.84. The molecule has 0 aliphatic rings. The lowest BCUT2D eigenvalue weighted by atomic mass is 10.3. The molecule has 1 rings (SSSR count). The van der Waals surface area contributed by atoms with Crippen molar-refractivity contribution < 1.29 is 23.2 Å². The topological polar surface area (TPSA) is 119 Å². The maximum absolute atomic E-state index is 12.0. The van der Waals surface area contributed by atoms with E-state index in [1.54, 1.807) is 0 Å². The van der Waals surface area contributed by atoms with Crippen molar-refractivity contribution in [3.05, 3.63) is 33.3 Å². The summed E-state index contributed by atoms with van der Waals surface area (Å²) in [5, 5.41) is 20.3. The smallest absolute Gasteiger partial charge is 0.290 e. The number of ether oxygens (including phenoxy) is 1. The van der Waals surface area contributed by atoms with Gasteiger partial charge in [-0.3, -0.25) is 10.1 Å². The lowest BCUT2D eigenvalue weighted by molar-refractivity contribution is -0.387. The van der Waals surface area contributed by atoms with Crippen LogP contribution in [0, 0.1) is 10.1 Å². The Bertz CT molecular complexity index is 591. The second-order valence-corrected chi connectivity index (χ2v) is 6.00. The van der Waals surface area contributed by atoms with Crippen molar-refractivity contribution in [1.82, 2.24) is 4.72 Å². The number of aliphatic hydroxyl groups excluding tert-OH is 1. The van der Waals surface area contributed by atoms with Crippen molar-refractivity contribution in [3.8, 4) is 0 Å². The van der Waals surface area contributed by atoms with Crippen molar-refractivity contribution in [3.63, 3.8) is 0 Å². The monoisotopic (exact) mass is 324 g/mol. The highest BCUT2D eigenvalue weighted by Crippen LogP contribution is 2.26. The number of rotatable bonds is 7. The van der Waals surface area contributed by atoms with E-state index in [0.717, 1.165) is 12.1 Å². The fourth-order valence-electron chi connectivity index (χ4n) is 1.40. The molecule has 1 aromatic carbocycles. The highest BCUT2D eigenvalue weighted by molar-refractivity contribution is 7.89. The van der Waals surface area contributed by atoms with Gasteiger partial charge in [0.25, 0.3) is 5.69 Å². The zero-order chi connectivity index (χ0) is 15.3. The number of nitro benzene ring substituents is 1. The average Bonchev–Trinajstić information content (AvgIpc) is 2.36. The molecule has 0 aliphatic carbocycles. The number of nitrogens with one attached hydrogen (secondary N) is 1. The van der Waals surface area contributed by atoms with Crippen molar-refractivity contribution in [2.75, 3.05) is 20.3 Å². The van der Waals surface area contributed by atoms with E-state index in [-0.39, 0.29) is 18.2 Å². The van der Waals surface area contributed by atoms with Gasteiger partial charge in [0.2, 0.25) is 10.0 Å². The Labute approximate surface area is 120 Å². The Balaban J connectivity index is 3.01. The SMILES string of the molecule is COCC(O)CNS(=O)(=O)c1ccc(Cl)cc1[N+](=O)[O-]. The number of nitro groups is 1. The number of methoxy groups -OCH3 is 1. The maximum atomic E-state index is 12.0. The van der Waals surface area contributed by atoms with E-state index in [2.05, 4.69) is 9.46 Å². The average molecular weight is 325 g/mol. The van der Waals surface area contributed by atoms with Crippen molar-refractivity contribution in [2.24, 2.45) is 0 Å². The van der Waals surface area contributed by atoms with Gasteiger partial charge in [0.15, 0.2) is 4.90 Å². The predicted molar refractivity (Wildman–Crippen MR) is 71.2 cm³/mol. The van der Waals surface area contributed by atoms with E-state index in [4.69, 9.17) is 11.6 Å². The normalized spacial score (nSPS) is 13.2. The van der Waals surface area contributed by atoms with Crippen LogP contribution >= 0.6 is 11.6 Å². The maximum Gasteiger partial charge on any atom is 0.290 e. The molecule has 2 N–H and O–H groups in total. The molecular weight excluding hydrogens is 312 g/mol. The Hall–Kier alpha value is -1.26. The van der Waals surface area contributed by atoms with E-state index in [9.17, 15) is 23.6 Å². The van der Waals surface area contributed by atoms with Crippen LogP contribution in [-0.4, -0.2) is 44.8 Å². The van der Waals surface area contributed by atoms with E-state index in [0.29, 0.717) is 0 Å². The summed E-state index contributed by atoms with van der Waals surface area (Å²) < 4.78 is 30.6. The molecule has 0 aliphatic heterocycles. The van der Waals surface area contributed by atoms with Crippen LogP contribution in [0.15, 0.2) is 23.1 Å². The summed E-state index contributed by atoms with van der Waals surface area (Å²) in [6.07, 6.45) is -1.05. The highest BCUT2D eigenvalue weighted by Gasteiger charge is 2.26. The molecular formula is C10H13ClN2O6S. The van der Waals surface area contributed by atoms with Gasteiger partial charge in [0, 0.05) is 24.7 Å². The van der Waals surface area contributed by atoms with E-state index in [1.165, 1.54) is 13.2 Å². The summed E-state index contributed by atoms with van der Waals surface area (Å²) in [4.78, 5) is 9.49. The Morgan fingerprint density at radius 1 is 1.55 bits per heavy atom. The van der Waals surface area contributed by atoms with Gasteiger partial charge in [-0.25, -0.2) is 13.1 Å². The predicted octanol–water partition coefficient (Wildman–Crippen LogP) is 0.534. The molecule has 0 spiro atoms. The van der Waals surface area contributed by atoms with E-state index in [1.807, 2.05) is 0 Å². The number of hydrogen-bond donors (Lipinski definition) is 2. The molecule has 0 radical (unpaired) electrons. The number of aliphatic hydroxyl groups is 1. The summed E-state index contributed by atoms with van der Waals surface area (Å²) in [5.41, 5.74) is -0.633. The molecule has 1 aromatic rings. The van der Waals surface area contributed by atoms with Crippen LogP contribution in [0.1, 0.15) is 0 Å². The molecule has 0 aromatic heterocycles. The van der Waals surface area contributed by atoms with Gasteiger partial charge < -0.3 is 9.84 Å². The molecule has 0 amide bonds. The van der Waals surface area contributed by atoms with Crippen LogP contribution in [0.2, 0.25) is 5.02 Å².